The standard InChI is InChI=1S/C14H13ClN2O2/c1-9(10-4-2-5-11(15)8-10)16-13-7-3-6-12(17-13)14(18)19/h2-9H,1H3,(H,16,17)(H,18,19). The minimum absolute atomic E-state index is 0.0169. The molecule has 5 heteroatoms. The Kier molecular flexibility index (Phi) is 4.02. The molecular weight excluding hydrogens is 264 g/mol. The van der Waals surface area contributed by atoms with Crippen LogP contribution in [0.2, 0.25) is 5.02 Å². The molecule has 4 nitrogen and oxygen atoms in total. The van der Waals surface area contributed by atoms with Gasteiger partial charge in [-0.15, -0.1) is 0 Å². The molecular formula is C14H13ClN2O2. The fourth-order valence-electron chi connectivity index (χ4n) is 1.72. The molecule has 1 aromatic carbocycles. The van der Waals surface area contributed by atoms with Crippen molar-refractivity contribution in [1.82, 2.24) is 4.98 Å². The molecule has 19 heavy (non-hydrogen) atoms. The maximum atomic E-state index is 10.8. The van der Waals surface area contributed by atoms with Gasteiger partial charge in [-0.05, 0) is 36.8 Å². The van der Waals surface area contributed by atoms with Crippen molar-refractivity contribution in [2.75, 3.05) is 5.32 Å². The summed E-state index contributed by atoms with van der Waals surface area (Å²) in [6.07, 6.45) is 0. The second-order valence-corrected chi connectivity index (χ2v) is 4.57. The number of nitrogens with one attached hydrogen (secondary N) is 1. The third-order valence-electron chi connectivity index (χ3n) is 2.68. The van der Waals surface area contributed by atoms with Crippen LogP contribution in [0, 0.1) is 0 Å². The fourth-order valence-corrected chi connectivity index (χ4v) is 1.91. The van der Waals surface area contributed by atoms with Crippen LogP contribution < -0.4 is 5.32 Å². The molecule has 0 aliphatic carbocycles. The Balaban J connectivity index is 2.17. The van der Waals surface area contributed by atoms with Crippen LogP contribution in [0.4, 0.5) is 5.82 Å². The average Bonchev–Trinajstić information content (AvgIpc) is 2.39. The number of carbonyl (C=O) groups is 1. The SMILES string of the molecule is CC(Nc1cccc(C(=O)O)n1)c1cccc(Cl)c1. The molecule has 1 aromatic heterocycles. The van der Waals surface area contributed by atoms with Gasteiger partial charge in [0, 0.05) is 11.1 Å². The Hall–Kier alpha value is -2.07. The summed E-state index contributed by atoms with van der Waals surface area (Å²) < 4.78 is 0. The minimum Gasteiger partial charge on any atom is -0.477 e. The van der Waals surface area contributed by atoms with Crippen LogP contribution in [-0.4, -0.2) is 16.1 Å². The molecule has 0 saturated heterocycles. The van der Waals surface area contributed by atoms with E-state index in [0.717, 1.165) is 5.56 Å². The number of carboxylic acids is 1. The van der Waals surface area contributed by atoms with Gasteiger partial charge in [0.2, 0.25) is 0 Å². The van der Waals surface area contributed by atoms with Crippen molar-refractivity contribution in [2.24, 2.45) is 0 Å². The number of hydrogen-bond acceptors (Lipinski definition) is 3. The quantitative estimate of drug-likeness (QED) is 0.895. The molecule has 1 heterocycles. The predicted molar refractivity (Wildman–Crippen MR) is 74.7 cm³/mol. The van der Waals surface area contributed by atoms with Crippen molar-refractivity contribution >= 4 is 23.4 Å². The highest BCUT2D eigenvalue weighted by Gasteiger charge is 2.09. The van der Waals surface area contributed by atoms with E-state index in [0.29, 0.717) is 10.8 Å². The van der Waals surface area contributed by atoms with Crippen LogP contribution in [-0.2, 0) is 0 Å². The summed E-state index contributed by atoms with van der Waals surface area (Å²) in [6.45, 7) is 1.96. The largest absolute Gasteiger partial charge is 0.477 e. The summed E-state index contributed by atoms with van der Waals surface area (Å²) in [5.41, 5.74) is 1.03. The molecule has 0 fully saturated rings. The van der Waals surface area contributed by atoms with Gasteiger partial charge >= 0.3 is 5.97 Å². The summed E-state index contributed by atoms with van der Waals surface area (Å²) in [5.74, 6) is -0.522. The van der Waals surface area contributed by atoms with E-state index < -0.39 is 5.97 Å². The number of nitrogens with zero attached hydrogens (tertiary/aromatic N) is 1. The molecule has 2 N–H and O–H groups in total. The highest BCUT2D eigenvalue weighted by Crippen LogP contribution is 2.20. The topological polar surface area (TPSA) is 62.2 Å². The fraction of sp³-hybridized carbons (Fsp3) is 0.143. The van der Waals surface area contributed by atoms with E-state index in [9.17, 15) is 4.79 Å². The number of aromatic carboxylic acids is 1. The number of benzene rings is 1. The number of aromatic nitrogens is 1. The summed E-state index contributed by atoms with van der Waals surface area (Å²) in [4.78, 5) is 14.9. The molecule has 0 radical (unpaired) electrons. The van der Waals surface area contributed by atoms with E-state index in [2.05, 4.69) is 10.3 Å². The molecule has 0 spiro atoms. The summed E-state index contributed by atoms with van der Waals surface area (Å²) >= 11 is 5.94. The third-order valence-corrected chi connectivity index (χ3v) is 2.92. The molecule has 1 unspecified atom stereocenters. The lowest BCUT2D eigenvalue weighted by atomic mass is 10.1. The Morgan fingerprint density at radius 2 is 2.05 bits per heavy atom. The van der Waals surface area contributed by atoms with Crippen LogP contribution in [0.1, 0.15) is 29.0 Å². The lowest BCUT2D eigenvalue weighted by molar-refractivity contribution is 0.0690. The predicted octanol–water partition coefficient (Wildman–Crippen LogP) is 3.61. The number of hydrogen-bond donors (Lipinski definition) is 2. The molecule has 0 aliphatic rings. The van der Waals surface area contributed by atoms with Crippen LogP contribution in [0.25, 0.3) is 0 Å². The first-order valence-corrected chi connectivity index (χ1v) is 6.16. The van der Waals surface area contributed by atoms with Crippen molar-refractivity contribution in [3.8, 4) is 0 Å². The van der Waals surface area contributed by atoms with Crippen molar-refractivity contribution in [1.29, 1.82) is 0 Å². The highest BCUT2D eigenvalue weighted by molar-refractivity contribution is 6.30. The van der Waals surface area contributed by atoms with Gasteiger partial charge < -0.3 is 10.4 Å². The first kappa shape index (κ1) is 13.4. The smallest absolute Gasteiger partial charge is 0.354 e. The molecule has 0 saturated carbocycles. The monoisotopic (exact) mass is 276 g/mol. The molecule has 0 amide bonds. The zero-order valence-electron chi connectivity index (χ0n) is 10.3. The zero-order valence-corrected chi connectivity index (χ0v) is 11.1. The van der Waals surface area contributed by atoms with Crippen LogP contribution in [0.5, 0.6) is 0 Å². The lowest BCUT2D eigenvalue weighted by Crippen LogP contribution is -2.09. The van der Waals surface area contributed by atoms with E-state index in [1.807, 2.05) is 25.1 Å². The molecule has 2 rings (SSSR count). The van der Waals surface area contributed by atoms with Gasteiger partial charge in [0.1, 0.15) is 5.82 Å². The Morgan fingerprint density at radius 1 is 1.32 bits per heavy atom. The van der Waals surface area contributed by atoms with Gasteiger partial charge in [0.15, 0.2) is 5.69 Å². The second kappa shape index (κ2) is 5.71. The van der Waals surface area contributed by atoms with E-state index in [4.69, 9.17) is 16.7 Å². The maximum absolute atomic E-state index is 10.8. The summed E-state index contributed by atoms with van der Waals surface area (Å²) in [6, 6.07) is 12.3. The summed E-state index contributed by atoms with van der Waals surface area (Å²) in [7, 11) is 0. The Morgan fingerprint density at radius 3 is 2.74 bits per heavy atom. The Labute approximate surface area is 116 Å². The number of anilines is 1. The summed E-state index contributed by atoms with van der Waals surface area (Å²) in [5, 5.41) is 12.7. The molecule has 0 aliphatic heterocycles. The van der Waals surface area contributed by atoms with Crippen molar-refractivity contribution < 1.29 is 9.90 Å². The number of halogens is 1. The van der Waals surface area contributed by atoms with Crippen molar-refractivity contribution in [3.63, 3.8) is 0 Å². The van der Waals surface area contributed by atoms with Gasteiger partial charge in [-0.3, -0.25) is 0 Å². The van der Waals surface area contributed by atoms with Gasteiger partial charge in [-0.2, -0.15) is 0 Å². The average molecular weight is 277 g/mol. The molecule has 0 bridgehead atoms. The normalized spacial score (nSPS) is 11.9. The van der Waals surface area contributed by atoms with Crippen LogP contribution in [0.3, 0.4) is 0 Å². The molecule has 1 atom stereocenters. The van der Waals surface area contributed by atoms with Crippen molar-refractivity contribution in [2.45, 2.75) is 13.0 Å². The molecule has 98 valence electrons. The third kappa shape index (κ3) is 3.45. The first-order valence-electron chi connectivity index (χ1n) is 5.78. The van der Waals surface area contributed by atoms with E-state index in [1.54, 1.807) is 18.2 Å². The van der Waals surface area contributed by atoms with Crippen molar-refractivity contribution in [3.05, 3.63) is 58.7 Å². The van der Waals surface area contributed by atoms with E-state index in [-0.39, 0.29) is 11.7 Å². The number of carboxylic acid groups (broad SMARTS) is 1. The number of rotatable bonds is 4. The van der Waals surface area contributed by atoms with Crippen LogP contribution >= 0.6 is 11.6 Å². The van der Waals surface area contributed by atoms with Gasteiger partial charge in [0.25, 0.3) is 0 Å². The molecule has 2 aromatic rings. The van der Waals surface area contributed by atoms with Gasteiger partial charge in [-0.25, -0.2) is 9.78 Å². The number of pyridine rings is 1. The van der Waals surface area contributed by atoms with E-state index >= 15 is 0 Å². The van der Waals surface area contributed by atoms with Crippen LogP contribution in [0.15, 0.2) is 42.5 Å². The lowest BCUT2D eigenvalue weighted by Gasteiger charge is -2.15. The highest BCUT2D eigenvalue weighted by atomic mass is 35.5. The van der Waals surface area contributed by atoms with E-state index in [1.165, 1.54) is 6.07 Å². The second-order valence-electron chi connectivity index (χ2n) is 4.13. The Bertz CT molecular complexity index is 602. The van der Waals surface area contributed by atoms with Gasteiger partial charge in [0.05, 0.1) is 0 Å². The minimum atomic E-state index is -1.04. The van der Waals surface area contributed by atoms with Gasteiger partial charge in [-0.1, -0.05) is 29.8 Å². The maximum Gasteiger partial charge on any atom is 0.354 e. The first-order chi connectivity index (χ1) is 9.06. The zero-order chi connectivity index (χ0) is 13.8.